The third-order valence-corrected chi connectivity index (χ3v) is 5.08. The predicted molar refractivity (Wildman–Crippen MR) is 92.5 cm³/mol. The van der Waals surface area contributed by atoms with Gasteiger partial charge in [-0.1, -0.05) is 42.5 Å². The first kappa shape index (κ1) is 15.7. The van der Waals surface area contributed by atoms with Crippen LogP contribution in [0.2, 0.25) is 0 Å². The van der Waals surface area contributed by atoms with E-state index in [2.05, 4.69) is 17.5 Å². The van der Waals surface area contributed by atoms with Crippen LogP contribution < -0.4 is 5.32 Å². The van der Waals surface area contributed by atoms with Gasteiger partial charge < -0.3 is 5.32 Å². The van der Waals surface area contributed by atoms with E-state index in [1.54, 1.807) is 0 Å². The van der Waals surface area contributed by atoms with Crippen molar-refractivity contribution in [1.82, 2.24) is 5.32 Å². The van der Waals surface area contributed by atoms with Gasteiger partial charge in [-0.25, -0.2) is 0 Å². The number of amides is 1. The zero-order valence-corrected chi connectivity index (χ0v) is 13.6. The Morgan fingerprint density at radius 3 is 2.65 bits per heavy atom. The van der Waals surface area contributed by atoms with Crippen molar-refractivity contribution in [2.24, 2.45) is 5.92 Å². The van der Waals surface area contributed by atoms with E-state index in [1.807, 2.05) is 42.5 Å². The van der Waals surface area contributed by atoms with E-state index in [-0.39, 0.29) is 17.6 Å². The minimum absolute atomic E-state index is 0.0330. The lowest BCUT2D eigenvalue weighted by atomic mass is 9.94. The number of benzene rings is 1. The Bertz CT molecular complexity index is 718. The summed E-state index contributed by atoms with van der Waals surface area (Å²) in [6.07, 6.45) is 6.94. The lowest BCUT2D eigenvalue weighted by molar-refractivity contribution is -0.125. The van der Waals surface area contributed by atoms with Gasteiger partial charge in [-0.3, -0.25) is 9.59 Å². The maximum absolute atomic E-state index is 12.4. The predicted octanol–water partition coefficient (Wildman–Crippen LogP) is 3.95. The van der Waals surface area contributed by atoms with Crippen LogP contribution in [0.15, 0.2) is 54.6 Å². The van der Waals surface area contributed by atoms with E-state index >= 15 is 0 Å². The molecule has 3 nitrogen and oxygen atoms in total. The summed E-state index contributed by atoms with van der Waals surface area (Å²) in [6.45, 7) is 0.492. The van der Waals surface area contributed by atoms with Crippen LogP contribution >= 0.6 is 11.3 Å². The minimum atomic E-state index is 0.0330. The molecule has 23 heavy (non-hydrogen) atoms. The summed E-state index contributed by atoms with van der Waals surface area (Å²) in [5.41, 5.74) is 0.693. The SMILES string of the molecule is O=C(c1ccccc1)c1ccc(CNC(=O)C2CC=CCC2)s1. The maximum Gasteiger partial charge on any atom is 0.223 e. The molecular formula is C19H19NO2S. The van der Waals surface area contributed by atoms with Gasteiger partial charge in [0.15, 0.2) is 0 Å². The quantitative estimate of drug-likeness (QED) is 0.668. The topological polar surface area (TPSA) is 46.2 Å². The van der Waals surface area contributed by atoms with Gasteiger partial charge in [-0.2, -0.15) is 0 Å². The van der Waals surface area contributed by atoms with Gasteiger partial charge in [-0.05, 0) is 31.4 Å². The molecule has 1 aromatic heterocycles. The normalized spacial score (nSPS) is 17.0. The second-order valence-corrected chi connectivity index (χ2v) is 6.83. The van der Waals surface area contributed by atoms with E-state index < -0.39 is 0 Å². The van der Waals surface area contributed by atoms with Gasteiger partial charge in [-0.15, -0.1) is 11.3 Å². The maximum atomic E-state index is 12.4. The summed E-state index contributed by atoms with van der Waals surface area (Å²) in [7, 11) is 0. The molecule has 0 bridgehead atoms. The number of hydrogen-bond acceptors (Lipinski definition) is 3. The molecule has 1 heterocycles. The lowest BCUT2D eigenvalue weighted by Crippen LogP contribution is -2.30. The summed E-state index contributed by atoms with van der Waals surface area (Å²) in [5, 5.41) is 2.99. The third kappa shape index (κ3) is 3.96. The van der Waals surface area contributed by atoms with Crippen LogP contribution in [-0.4, -0.2) is 11.7 Å². The van der Waals surface area contributed by atoms with Crippen LogP contribution in [0.5, 0.6) is 0 Å². The van der Waals surface area contributed by atoms with Crippen LogP contribution in [0.1, 0.15) is 39.4 Å². The first-order valence-electron chi connectivity index (χ1n) is 7.85. The van der Waals surface area contributed by atoms with Crippen molar-refractivity contribution in [2.75, 3.05) is 0 Å². The molecule has 118 valence electrons. The lowest BCUT2D eigenvalue weighted by Gasteiger charge is -2.16. The summed E-state index contributed by atoms with van der Waals surface area (Å²) in [4.78, 5) is 26.2. The Hall–Kier alpha value is -2.20. The van der Waals surface area contributed by atoms with Gasteiger partial charge in [0.1, 0.15) is 0 Å². The van der Waals surface area contributed by atoms with E-state index in [0.29, 0.717) is 17.0 Å². The van der Waals surface area contributed by atoms with Crippen LogP contribution in [0.4, 0.5) is 0 Å². The summed E-state index contributed by atoms with van der Waals surface area (Å²) < 4.78 is 0. The number of hydrogen-bond donors (Lipinski definition) is 1. The van der Waals surface area contributed by atoms with Crippen molar-refractivity contribution in [3.63, 3.8) is 0 Å². The van der Waals surface area contributed by atoms with Gasteiger partial charge in [0, 0.05) is 16.4 Å². The first-order valence-corrected chi connectivity index (χ1v) is 8.67. The second-order valence-electron chi connectivity index (χ2n) is 5.66. The van der Waals surface area contributed by atoms with Crippen molar-refractivity contribution in [1.29, 1.82) is 0 Å². The molecule has 1 amide bonds. The van der Waals surface area contributed by atoms with Crippen molar-refractivity contribution in [2.45, 2.75) is 25.8 Å². The number of carbonyl (C=O) groups is 2. The Balaban J connectivity index is 1.58. The fourth-order valence-electron chi connectivity index (χ4n) is 2.68. The summed E-state index contributed by atoms with van der Waals surface area (Å²) in [6, 6.07) is 13.0. The fraction of sp³-hybridized carbons (Fsp3) is 0.263. The highest BCUT2D eigenvalue weighted by atomic mass is 32.1. The van der Waals surface area contributed by atoms with Crippen molar-refractivity contribution >= 4 is 23.0 Å². The highest BCUT2D eigenvalue weighted by Gasteiger charge is 2.18. The Kier molecular flexibility index (Phi) is 5.03. The number of ketones is 1. The molecule has 1 N–H and O–H groups in total. The van der Waals surface area contributed by atoms with Crippen molar-refractivity contribution in [3.05, 3.63) is 69.9 Å². The van der Waals surface area contributed by atoms with Crippen LogP contribution in [0, 0.1) is 5.92 Å². The number of rotatable bonds is 5. The molecule has 1 aliphatic rings. The van der Waals surface area contributed by atoms with E-state index in [1.165, 1.54) is 11.3 Å². The average Bonchev–Trinajstić information content (AvgIpc) is 3.09. The van der Waals surface area contributed by atoms with Crippen molar-refractivity contribution < 1.29 is 9.59 Å². The number of carbonyl (C=O) groups excluding carboxylic acids is 2. The zero-order chi connectivity index (χ0) is 16.1. The van der Waals surface area contributed by atoms with Gasteiger partial charge in [0.2, 0.25) is 11.7 Å². The fourth-order valence-corrected chi connectivity index (χ4v) is 3.59. The first-order chi connectivity index (χ1) is 11.2. The van der Waals surface area contributed by atoms with Crippen molar-refractivity contribution in [3.8, 4) is 0 Å². The van der Waals surface area contributed by atoms with E-state index in [0.717, 1.165) is 24.1 Å². The average molecular weight is 325 g/mol. The molecule has 3 rings (SSSR count). The third-order valence-electron chi connectivity index (χ3n) is 4.00. The van der Waals surface area contributed by atoms with Gasteiger partial charge in [0.25, 0.3) is 0 Å². The number of nitrogens with one attached hydrogen (secondary N) is 1. The zero-order valence-electron chi connectivity index (χ0n) is 12.8. The monoisotopic (exact) mass is 325 g/mol. The Morgan fingerprint density at radius 1 is 1.09 bits per heavy atom. The Morgan fingerprint density at radius 2 is 1.91 bits per heavy atom. The molecule has 1 aromatic carbocycles. The summed E-state index contributed by atoms with van der Waals surface area (Å²) >= 11 is 1.45. The molecule has 0 aliphatic heterocycles. The molecule has 0 saturated heterocycles. The molecule has 1 unspecified atom stereocenters. The number of allylic oxidation sites excluding steroid dienone is 2. The molecule has 0 saturated carbocycles. The largest absolute Gasteiger partial charge is 0.351 e. The molecule has 0 spiro atoms. The van der Waals surface area contributed by atoms with Crippen LogP contribution in [-0.2, 0) is 11.3 Å². The molecule has 4 heteroatoms. The molecule has 2 aromatic rings. The molecule has 1 atom stereocenters. The summed E-state index contributed by atoms with van der Waals surface area (Å²) in [5.74, 6) is 0.231. The Labute approximate surface area is 140 Å². The molecule has 0 fully saturated rings. The highest BCUT2D eigenvalue weighted by Crippen LogP contribution is 2.21. The van der Waals surface area contributed by atoms with Crippen LogP contribution in [0.25, 0.3) is 0 Å². The minimum Gasteiger partial charge on any atom is -0.351 e. The standard InChI is InChI=1S/C19H19NO2S/c21-18(14-7-3-1-4-8-14)17-12-11-16(23-17)13-20-19(22)15-9-5-2-6-10-15/h1-5,7-8,11-12,15H,6,9-10,13H2,(H,20,22). The van der Waals surface area contributed by atoms with Gasteiger partial charge in [0.05, 0.1) is 11.4 Å². The van der Waals surface area contributed by atoms with E-state index in [9.17, 15) is 9.59 Å². The van der Waals surface area contributed by atoms with Gasteiger partial charge >= 0.3 is 0 Å². The molecular weight excluding hydrogens is 306 g/mol. The molecule has 1 aliphatic carbocycles. The highest BCUT2D eigenvalue weighted by molar-refractivity contribution is 7.14. The number of thiophene rings is 1. The second kappa shape index (κ2) is 7.38. The molecule has 0 radical (unpaired) electrons. The van der Waals surface area contributed by atoms with E-state index in [4.69, 9.17) is 0 Å². The van der Waals surface area contributed by atoms with Crippen LogP contribution in [0.3, 0.4) is 0 Å². The smallest absolute Gasteiger partial charge is 0.223 e.